The first-order valence-corrected chi connectivity index (χ1v) is 10.5. The Morgan fingerprint density at radius 1 is 1.19 bits per heavy atom. The van der Waals surface area contributed by atoms with Crippen LogP contribution in [0.3, 0.4) is 0 Å². The molecule has 0 atom stereocenters. The number of pyridine rings is 1. The van der Waals surface area contributed by atoms with Gasteiger partial charge in [-0.25, -0.2) is 9.67 Å². The molecule has 0 unspecified atom stereocenters. The Kier molecular flexibility index (Phi) is 7.04. The van der Waals surface area contributed by atoms with Crippen molar-refractivity contribution < 1.29 is 19.1 Å². The summed E-state index contributed by atoms with van der Waals surface area (Å²) >= 11 is 0. The van der Waals surface area contributed by atoms with E-state index >= 15 is 0 Å². The van der Waals surface area contributed by atoms with Crippen LogP contribution in [0.1, 0.15) is 41.5 Å². The summed E-state index contributed by atoms with van der Waals surface area (Å²) in [6.45, 7) is 6.95. The predicted octanol–water partition coefficient (Wildman–Crippen LogP) is 1.76. The molecule has 31 heavy (non-hydrogen) atoms. The molecule has 1 fully saturated rings. The minimum Gasteiger partial charge on any atom is -0.466 e. The molecule has 1 aliphatic heterocycles. The van der Waals surface area contributed by atoms with Crippen molar-refractivity contribution in [3.05, 3.63) is 41.3 Å². The maximum absolute atomic E-state index is 12.7. The first-order chi connectivity index (χ1) is 14.8. The number of likely N-dealkylation sites (tertiary alicyclic amines) is 1. The molecule has 1 aliphatic rings. The van der Waals surface area contributed by atoms with Gasteiger partial charge in [0.1, 0.15) is 0 Å². The molecule has 0 aliphatic carbocycles. The Bertz CT molecular complexity index is 945. The molecule has 2 aromatic rings. The zero-order valence-corrected chi connectivity index (χ0v) is 18.5. The maximum atomic E-state index is 12.7. The summed E-state index contributed by atoms with van der Waals surface area (Å²) in [5, 5.41) is 4.39. The van der Waals surface area contributed by atoms with Crippen LogP contribution in [-0.4, -0.2) is 75.6 Å². The van der Waals surface area contributed by atoms with Crippen LogP contribution in [0.5, 0.6) is 0 Å². The minimum atomic E-state index is -0.276. The van der Waals surface area contributed by atoms with E-state index in [-0.39, 0.29) is 30.2 Å². The number of ether oxygens (including phenoxy) is 1. The number of esters is 1. The molecule has 9 heteroatoms. The number of carbonyl (C=O) groups is 3. The molecule has 0 aromatic carbocycles. The highest BCUT2D eigenvalue weighted by molar-refractivity contribution is 5.96. The number of rotatable bonds is 6. The molecule has 0 spiro atoms. The lowest BCUT2D eigenvalue weighted by Gasteiger charge is -2.32. The van der Waals surface area contributed by atoms with Gasteiger partial charge in [0.2, 0.25) is 5.91 Å². The van der Waals surface area contributed by atoms with Crippen LogP contribution in [0.25, 0.3) is 5.82 Å². The first-order valence-electron chi connectivity index (χ1n) is 10.5. The lowest BCUT2D eigenvalue weighted by molar-refractivity contribution is -0.151. The number of hydrogen-bond donors (Lipinski definition) is 0. The Morgan fingerprint density at radius 3 is 2.45 bits per heavy atom. The quantitative estimate of drug-likeness (QED) is 0.652. The second-order valence-corrected chi connectivity index (χ2v) is 7.81. The zero-order valence-electron chi connectivity index (χ0n) is 18.5. The number of amides is 2. The van der Waals surface area contributed by atoms with Crippen LogP contribution in [0.2, 0.25) is 0 Å². The number of likely N-dealkylation sites (N-methyl/N-ethyl adjacent to an activating group) is 1. The highest BCUT2D eigenvalue weighted by Crippen LogP contribution is 2.19. The van der Waals surface area contributed by atoms with Crippen LogP contribution in [0.4, 0.5) is 0 Å². The third-order valence-electron chi connectivity index (χ3n) is 5.41. The van der Waals surface area contributed by atoms with Gasteiger partial charge in [0.25, 0.3) is 5.91 Å². The van der Waals surface area contributed by atoms with Crippen LogP contribution in [-0.2, 0) is 14.3 Å². The molecule has 0 saturated carbocycles. The van der Waals surface area contributed by atoms with Crippen molar-refractivity contribution >= 4 is 17.8 Å². The fourth-order valence-electron chi connectivity index (χ4n) is 3.72. The number of aromatic nitrogens is 3. The standard InChI is InChI=1S/C22H29N5O4/c1-5-31-22(30)17-8-10-26(11-9-17)20(28)14-25(4)21(29)18-6-7-19(23-13-18)27-16(3)12-15(2)24-27/h6-7,12-13,17H,5,8-11,14H2,1-4H3. The first kappa shape index (κ1) is 22.5. The van der Waals surface area contributed by atoms with Gasteiger partial charge >= 0.3 is 5.97 Å². The number of hydrogen-bond acceptors (Lipinski definition) is 6. The number of piperidine rings is 1. The van der Waals surface area contributed by atoms with Gasteiger partial charge in [0.05, 0.1) is 30.3 Å². The van der Waals surface area contributed by atoms with E-state index in [9.17, 15) is 14.4 Å². The Hall–Kier alpha value is -3.23. The van der Waals surface area contributed by atoms with Gasteiger partial charge in [0, 0.05) is 32.0 Å². The van der Waals surface area contributed by atoms with E-state index in [1.165, 1.54) is 11.1 Å². The number of aryl methyl sites for hydroxylation is 2. The second kappa shape index (κ2) is 9.72. The molecule has 0 N–H and O–H groups in total. The summed E-state index contributed by atoms with van der Waals surface area (Å²) in [6, 6.07) is 5.38. The van der Waals surface area contributed by atoms with Crippen LogP contribution in [0.15, 0.2) is 24.4 Å². The molecule has 3 rings (SSSR count). The van der Waals surface area contributed by atoms with Crippen molar-refractivity contribution in [2.75, 3.05) is 33.3 Å². The largest absolute Gasteiger partial charge is 0.466 e. The average molecular weight is 428 g/mol. The van der Waals surface area contributed by atoms with E-state index in [2.05, 4.69) is 10.1 Å². The molecule has 0 radical (unpaired) electrons. The van der Waals surface area contributed by atoms with Gasteiger partial charge in [-0.15, -0.1) is 0 Å². The van der Waals surface area contributed by atoms with E-state index in [1.807, 2.05) is 19.9 Å². The van der Waals surface area contributed by atoms with Gasteiger partial charge in [-0.05, 0) is 51.8 Å². The van der Waals surface area contributed by atoms with E-state index in [4.69, 9.17) is 4.74 Å². The maximum Gasteiger partial charge on any atom is 0.309 e. The van der Waals surface area contributed by atoms with Crippen molar-refractivity contribution in [1.82, 2.24) is 24.6 Å². The van der Waals surface area contributed by atoms with E-state index in [0.717, 1.165) is 11.4 Å². The van der Waals surface area contributed by atoms with Crippen molar-refractivity contribution in [1.29, 1.82) is 0 Å². The van der Waals surface area contributed by atoms with Gasteiger partial charge in [-0.3, -0.25) is 14.4 Å². The van der Waals surface area contributed by atoms with Crippen LogP contribution >= 0.6 is 0 Å². The molecular weight excluding hydrogens is 398 g/mol. The molecule has 3 heterocycles. The minimum absolute atomic E-state index is 0.0257. The van der Waals surface area contributed by atoms with Crippen molar-refractivity contribution in [3.63, 3.8) is 0 Å². The summed E-state index contributed by atoms with van der Waals surface area (Å²) in [4.78, 5) is 44.6. The summed E-state index contributed by atoms with van der Waals surface area (Å²) in [5.41, 5.74) is 2.25. The molecule has 1 saturated heterocycles. The average Bonchev–Trinajstić information content (AvgIpc) is 3.11. The van der Waals surface area contributed by atoms with Crippen LogP contribution in [0, 0.1) is 19.8 Å². The van der Waals surface area contributed by atoms with E-state index in [1.54, 1.807) is 35.7 Å². The van der Waals surface area contributed by atoms with Crippen molar-refractivity contribution in [2.45, 2.75) is 33.6 Å². The van der Waals surface area contributed by atoms with Gasteiger partial charge in [-0.1, -0.05) is 0 Å². The lowest BCUT2D eigenvalue weighted by atomic mass is 9.97. The van der Waals surface area contributed by atoms with Crippen LogP contribution < -0.4 is 0 Å². The topological polar surface area (TPSA) is 97.6 Å². The van der Waals surface area contributed by atoms with Gasteiger partial charge in [0.15, 0.2) is 5.82 Å². The van der Waals surface area contributed by atoms with E-state index < -0.39 is 0 Å². The smallest absolute Gasteiger partial charge is 0.309 e. The van der Waals surface area contributed by atoms with Gasteiger partial charge in [-0.2, -0.15) is 5.10 Å². The molecular formula is C22H29N5O4. The summed E-state index contributed by atoms with van der Waals surface area (Å²) in [7, 11) is 1.60. The summed E-state index contributed by atoms with van der Waals surface area (Å²) in [6.07, 6.45) is 2.67. The second-order valence-electron chi connectivity index (χ2n) is 7.81. The monoisotopic (exact) mass is 427 g/mol. The third-order valence-corrected chi connectivity index (χ3v) is 5.41. The van der Waals surface area contributed by atoms with Crippen molar-refractivity contribution in [3.8, 4) is 5.82 Å². The molecule has 2 aromatic heterocycles. The van der Waals surface area contributed by atoms with E-state index in [0.29, 0.717) is 43.9 Å². The SMILES string of the molecule is CCOC(=O)C1CCN(C(=O)CN(C)C(=O)c2ccc(-n3nc(C)cc3C)nc2)CC1. The highest BCUT2D eigenvalue weighted by atomic mass is 16.5. The lowest BCUT2D eigenvalue weighted by Crippen LogP contribution is -2.45. The molecule has 166 valence electrons. The predicted molar refractivity (Wildman–Crippen MR) is 114 cm³/mol. The number of carbonyl (C=O) groups excluding carboxylic acids is 3. The normalized spacial score (nSPS) is 14.4. The van der Waals surface area contributed by atoms with Crippen molar-refractivity contribution in [2.24, 2.45) is 5.92 Å². The molecule has 2 amide bonds. The zero-order chi connectivity index (χ0) is 22.5. The van der Waals surface area contributed by atoms with Gasteiger partial charge < -0.3 is 14.5 Å². The summed E-state index contributed by atoms with van der Waals surface area (Å²) in [5.74, 6) is -0.133. The fraction of sp³-hybridized carbons (Fsp3) is 0.500. The molecule has 0 bridgehead atoms. The highest BCUT2D eigenvalue weighted by Gasteiger charge is 2.29. The Labute approximate surface area is 182 Å². The Balaban J connectivity index is 1.55. The Morgan fingerprint density at radius 2 is 1.90 bits per heavy atom. The fourth-order valence-corrected chi connectivity index (χ4v) is 3.72. The number of nitrogens with zero attached hydrogens (tertiary/aromatic N) is 5. The molecule has 9 nitrogen and oxygen atoms in total. The third kappa shape index (κ3) is 5.28. The summed E-state index contributed by atoms with van der Waals surface area (Å²) < 4.78 is 6.78.